The lowest BCUT2D eigenvalue weighted by atomic mass is 9.89. The molecule has 2 aromatic carbocycles. The number of carbonyl (C=O) groups is 3. The van der Waals surface area contributed by atoms with Gasteiger partial charge in [-0.2, -0.15) is 0 Å². The van der Waals surface area contributed by atoms with Crippen molar-refractivity contribution in [3.05, 3.63) is 59.7 Å². The number of rotatable bonds is 5. The summed E-state index contributed by atoms with van der Waals surface area (Å²) < 4.78 is 5.71. The number of benzene rings is 2. The molecule has 2 N–H and O–H groups in total. The standard InChI is InChI=1S/C28H30N2O5/c31-26(30-16-12-13-25(30)22(14-16)27(32)33)21-10-5-11-24(21)29-28(34)35-15-23-19-8-3-1-6-17(19)18-7-2-4-9-20(18)23/h1-4,6-9,16,21-25H,5,10-15H2,(H,29,34)(H,32,33)/t16-,21?,22+,24?,25+/m1/s1. The molecule has 7 heteroatoms. The first-order valence-corrected chi connectivity index (χ1v) is 12.7. The zero-order valence-electron chi connectivity index (χ0n) is 19.6. The van der Waals surface area contributed by atoms with Crippen LogP contribution in [-0.4, -0.2) is 52.7 Å². The van der Waals surface area contributed by atoms with Gasteiger partial charge in [0.1, 0.15) is 6.61 Å². The Hall–Kier alpha value is -3.35. The Bertz CT molecular complexity index is 1130. The minimum Gasteiger partial charge on any atom is -0.481 e. The Morgan fingerprint density at radius 2 is 1.60 bits per heavy atom. The van der Waals surface area contributed by atoms with E-state index in [-0.39, 0.29) is 42.5 Å². The molecule has 2 amide bonds. The number of carboxylic acid groups (broad SMARTS) is 1. The summed E-state index contributed by atoms with van der Waals surface area (Å²) in [4.78, 5) is 39.7. The van der Waals surface area contributed by atoms with E-state index in [1.54, 1.807) is 0 Å². The van der Waals surface area contributed by atoms with E-state index in [1.807, 2.05) is 29.2 Å². The van der Waals surface area contributed by atoms with E-state index in [0.29, 0.717) is 12.8 Å². The highest BCUT2D eigenvalue weighted by Gasteiger charge is 2.53. The number of amides is 2. The number of carbonyl (C=O) groups excluding carboxylic acids is 2. The van der Waals surface area contributed by atoms with Gasteiger partial charge in [0.05, 0.1) is 11.8 Å². The van der Waals surface area contributed by atoms with Gasteiger partial charge in [0.15, 0.2) is 0 Å². The molecular weight excluding hydrogens is 444 g/mol. The minimum absolute atomic E-state index is 0.00250. The fourth-order valence-corrected chi connectivity index (χ4v) is 7.01. The highest BCUT2D eigenvalue weighted by Crippen LogP contribution is 2.45. The van der Waals surface area contributed by atoms with Gasteiger partial charge in [-0.3, -0.25) is 9.59 Å². The second-order valence-electron chi connectivity index (χ2n) is 10.3. The molecule has 182 valence electrons. The van der Waals surface area contributed by atoms with Gasteiger partial charge in [-0.05, 0) is 54.4 Å². The fraction of sp³-hybridized carbons (Fsp3) is 0.464. The van der Waals surface area contributed by atoms with Crippen molar-refractivity contribution in [2.75, 3.05) is 6.61 Å². The summed E-state index contributed by atoms with van der Waals surface area (Å²) in [6.45, 7) is 0.238. The first-order valence-electron chi connectivity index (χ1n) is 12.7. The molecule has 5 atom stereocenters. The molecule has 0 radical (unpaired) electrons. The molecule has 2 aliphatic heterocycles. The molecule has 2 aliphatic carbocycles. The number of ether oxygens (including phenoxy) is 1. The van der Waals surface area contributed by atoms with Crippen molar-refractivity contribution in [3.63, 3.8) is 0 Å². The first-order chi connectivity index (χ1) is 17.0. The van der Waals surface area contributed by atoms with Crippen molar-refractivity contribution in [2.45, 2.75) is 62.6 Å². The van der Waals surface area contributed by atoms with Crippen LogP contribution in [-0.2, 0) is 14.3 Å². The zero-order valence-corrected chi connectivity index (χ0v) is 19.6. The van der Waals surface area contributed by atoms with Crippen molar-refractivity contribution in [3.8, 4) is 11.1 Å². The van der Waals surface area contributed by atoms with Crippen LogP contribution in [0.3, 0.4) is 0 Å². The molecule has 2 aromatic rings. The SMILES string of the molecule is O=C(NC1CCCC1C(=O)N1[C@@H]2CC[C@H]1[C@@H](C(=O)O)C2)OCC1c2ccccc2-c2ccccc21. The summed E-state index contributed by atoms with van der Waals surface area (Å²) in [7, 11) is 0. The molecule has 4 aliphatic rings. The van der Waals surface area contributed by atoms with E-state index in [4.69, 9.17) is 4.74 Å². The van der Waals surface area contributed by atoms with Crippen molar-refractivity contribution < 1.29 is 24.2 Å². The summed E-state index contributed by atoms with van der Waals surface area (Å²) in [5, 5.41) is 12.5. The van der Waals surface area contributed by atoms with Crippen LogP contribution in [0.25, 0.3) is 11.1 Å². The number of nitrogens with zero attached hydrogens (tertiary/aromatic N) is 1. The zero-order chi connectivity index (χ0) is 24.1. The fourth-order valence-electron chi connectivity index (χ4n) is 7.01. The van der Waals surface area contributed by atoms with Gasteiger partial charge in [-0.15, -0.1) is 0 Å². The topological polar surface area (TPSA) is 95.9 Å². The lowest BCUT2D eigenvalue weighted by Gasteiger charge is -2.29. The van der Waals surface area contributed by atoms with Crippen LogP contribution in [0.5, 0.6) is 0 Å². The lowest BCUT2D eigenvalue weighted by molar-refractivity contribution is -0.143. The van der Waals surface area contributed by atoms with Crippen LogP contribution in [0.2, 0.25) is 0 Å². The Balaban J connectivity index is 1.10. The highest BCUT2D eigenvalue weighted by atomic mass is 16.5. The van der Waals surface area contributed by atoms with E-state index in [2.05, 4.69) is 29.6 Å². The normalized spacial score (nSPS) is 28.6. The second-order valence-corrected chi connectivity index (χ2v) is 10.3. The number of nitrogens with one attached hydrogen (secondary N) is 1. The van der Waals surface area contributed by atoms with Crippen LogP contribution >= 0.6 is 0 Å². The molecule has 2 unspecified atom stereocenters. The molecule has 6 rings (SSSR count). The van der Waals surface area contributed by atoms with E-state index >= 15 is 0 Å². The number of hydrogen-bond acceptors (Lipinski definition) is 4. The first kappa shape index (κ1) is 22.1. The summed E-state index contributed by atoms with van der Waals surface area (Å²) in [6.07, 6.45) is 3.97. The largest absolute Gasteiger partial charge is 0.481 e. The minimum atomic E-state index is -0.810. The van der Waals surface area contributed by atoms with E-state index in [0.717, 1.165) is 36.8 Å². The van der Waals surface area contributed by atoms with Crippen molar-refractivity contribution in [1.29, 1.82) is 0 Å². The van der Waals surface area contributed by atoms with Crippen LogP contribution < -0.4 is 5.32 Å². The highest BCUT2D eigenvalue weighted by molar-refractivity contribution is 5.84. The number of hydrogen-bond donors (Lipinski definition) is 2. The van der Waals surface area contributed by atoms with Gasteiger partial charge in [0, 0.05) is 24.0 Å². The van der Waals surface area contributed by atoms with Gasteiger partial charge in [0.25, 0.3) is 0 Å². The van der Waals surface area contributed by atoms with E-state index in [1.165, 1.54) is 11.1 Å². The van der Waals surface area contributed by atoms with Crippen molar-refractivity contribution >= 4 is 18.0 Å². The summed E-state index contributed by atoms with van der Waals surface area (Å²) in [5.41, 5.74) is 4.68. The van der Waals surface area contributed by atoms with Gasteiger partial charge in [-0.25, -0.2) is 4.79 Å². The Morgan fingerprint density at radius 3 is 2.26 bits per heavy atom. The lowest BCUT2D eigenvalue weighted by Crippen LogP contribution is -2.48. The van der Waals surface area contributed by atoms with Crippen molar-refractivity contribution in [1.82, 2.24) is 10.2 Å². The van der Waals surface area contributed by atoms with Crippen LogP contribution in [0.1, 0.15) is 55.6 Å². The quantitative estimate of drug-likeness (QED) is 0.679. The number of carboxylic acids is 1. The molecule has 0 spiro atoms. The van der Waals surface area contributed by atoms with Gasteiger partial charge >= 0.3 is 12.1 Å². The molecule has 3 fully saturated rings. The van der Waals surface area contributed by atoms with Gasteiger partial charge in [0.2, 0.25) is 5.91 Å². The monoisotopic (exact) mass is 474 g/mol. The molecule has 2 bridgehead atoms. The molecular formula is C28H30N2O5. The second kappa shape index (κ2) is 8.70. The Kier molecular flexibility index (Phi) is 5.50. The summed E-state index contributed by atoms with van der Waals surface area (Å²) in [5.74, 6) is -1.60. The predicted octanol–water partition coefficient (Wildman–Crippen LogP) is 4.16. The van der Waals surface area contributed by atoms with Gasteiger partial charge in [-0.1, -0.05) is 55.0 Å². The summed E-state index contributed by atoms with van der Waals surface area (Å²) >= 11 is 0. The predicted molar refractivity (Wildman–Crippen MR) is 129 cm³/mol. The van der Waals surface area contributed by atoms with Gasteiger partial charge < -0.3 is 20.1 Å². The Morgan fingerprint density at radius 1 is 0.914 bits per heavy atom. The molecule has 1 saturated carbocycles. The number of aliphatic carboxylic acids is 1. The maximum Gasteiger partial charge on any atom is 0.407 e. The van der Waals surface area contributed by atoms with Crippen molar-refractivity contribution in [2.24, 2.45) is 11.8 Å². The van der Waals surface area contributed by atoms with E-state index in [9.17, 15) is 19.5 Å². The smallest absolute Gasteiger partial charge is 0.407 e. The molecule has 7 nitrogen and oxygen atoms in total. The number of alkyl carbamates (subject to hydrolysis) is 1. The average Bonchev–Trinajstić information content (AvgIpc) is 3.64. The van der Waals surface area contributed by atoms with Crippen LogP contribution in [0.15, 0.2) is 48.5 Å². The third-order valence-electron chi connectivity index (χ3n) is 8.59. The molecule has 2 saturated heterocycles. The Labute approximate surface area is 204 Å². The number of fused-ring (bicyclic) bond motifs is 5. The molecule has 0 aromatic heterocycles. The van der Waals surface area contributed by atoms with E-state index < -0.39 is 18.0 Å². The third kappa shape index (κ3) is 3.68. The molecule has 2 heterocycles. The maximum atomic E-state index is 13.5. The maximum absolute atomic E-state index is 13.5. The van der Waals surface area contributed by atoms with Crippen LogP contribution in [0, 0.1) is 11.8 Å². The summed E-state index contributed by atoms with van der Waals surface area (Å²) in [6, 6.07) is 16.0. The third-order valence-corrected chi connectivity index (χ3v) is 8.59. The van der Waals surface area contributed by atoms with Crippen LogP contribution in [0.4, 0.5) is 4.79 Å². The molecule has 35 heavy (non-hydrogen) atoms. The average molecular weight is 475 g/mol.